The quantitative estimate of drug-likeness (QED) is 0.749. The Morgan fingerprint density at radius 3 is 2.73 bits per heavy atom. The van der Waals surface area contributed by atoms with Crippen LogP contribution in [0.2, 0.25) is 0 Å². The normalized spacial score (nSPS) is 18.9. The van der Waals surface area contributed by atoms with E-state index >= 15 is 0 Å². The summed E-state index contributed by atoms with van der Waals surface area (Å²) in [7, 11) is -1.98. The minimum Gasteiger partial charge on any atom is -0.355 e. The van der Waals surface area contributed by atoms with Crippen LogP contribution >= 0.6 is 0 Å². The van der Waals surface area contributed by atoms with E-state index in [4.69, 9.17) is 0 Å². The minimum atomic E-state index is -3.66. The van der Waals surface area contributed by atoms with Crippen LogP contribution in [0.25, 0.3) is 0 Å². The molecule has 1 saturated heterocycles. The molecule has 0 atom stereocenters. The molecule has 7 nitrogen and oxygen atoms in total. The number of hydrogen-bond acceptors (Lipinski definition) is 5. The zero-order valence-corrected chi connectivity index (χ0v) is 16.0. The van der Waals surface area contributed by atoms with Gasteiger partial charge in [0, 0.05) is 19.2 Å². The van der Waals surface area contributed by atoms with Gasteiger partial charge in [-0.3, -0.25) is 4.79 Å². The molecule has 0 radical (unpaired) electrons. The molecule has 0 spiro atoms. The maximum Gasteiger partial charge on any atom is 0.285 e. The van der Waals surface area contributed by atoms with Gasteiger partial charge in [0.05, 0.1) is 6.54 Å². The smallest absolute Gasteiger partial charge is 0.285 e. The third-order valence-electron chi connectivity index (χ3n) is 4.78. The van der Waals surface area contributed by atoms with E-state index in [2.05, 4.69) is 14.6 Å². The van der Waals surface area contributed by atoms with Gasteiger partial charge in [0.25, 0.3) is 10.0 Å². The van der Waals surface area contributed by atoms with Gasteiger partial charge in [0.2, 0.25) is 5.91 Å². The lowest BCUT2D eigenvalue weighted by molar-refractivity contribution is -0.121. The number of piperidine rings is 1. The summed E-state index contributed by atoms with van der Waals surface area (Å²) in [5, 5.41) is 2.91. The average Bonchev–Trinajstić information content (AvgIpc) is 2.91. The summed E-state index contributed by atoms with van der Waals surface area (Å²) in [5.74, 6) is 0.194. The number of hydrogen-bond donors (Lipinski definition) is 1. The van der Waals surface area contributed by atoms with Gasteiger partial charge in [0.15, 0.2) is 5.84 Å². The van der Waals surface area contributed by atoms with E-state index in [1.54, 1.807) is 30.1 Å². The van der Waals surface area contributed by atoms with Gasteiger partial charge in [-0.05, 0) is 51.0 Å². The Labute approximate surface area is 155 Å². The number of amides is 1. The molecule has 0 bridgehead atoms. The molecule has 26 heavy (non-hydrogen) atoms. The average molecular weight is 378 g/mol. The first kappa shape index (κ1) is 18.8. The van der Waals surface area contributed by atoms with E-state index in [0.717, 1.165) is 26.1 Å². The van der Waals surface area contributed by atoms with Crippen LogP contribution < -0.4 is 5.32 Å². The lowest BCUT2D eigenvalue weighted by Gasteiger charge is -2.26. The maximum absolute atomic E-state index is 12.2. The van der Waals surface area contributed by atoms with Crippen molar-refractivity contribution >= 4 is 21.8 Å². The molecule has 0 aliphatic carbocycles. The molecule has 2 aliphatic heterocycles. The zero-order valence-electron chi connectivity index (χ0n) is 15.1. The van der Waals surface area contributed by atoms with Crippen molar-refractivity contribution in [2.24, 2.45) is 4.40 Å². The summed E-state index contributed by atoms with van der Waals surface area (Å²) >= 11 is 0. The summed E-state index contributed by atoms with van der Waals surface area (Å²) in [5.41, 5.74) is 0.549. The number of fused-ring (bicyclic) bond motifs is 1. The van der Waals surface area contributed by atoms with Crippen LogP contribution in [-0.2, 0) is 14.8 Å². The van der Waals surface area contributed by atoms with Crippen LogP contribution in [-0.4, -0.2) is 69.7 Å². The number of nitrogens with zero attached hydrogens (tertiary/aromatic N) is 3. The van der Waals surface area contributed by atoms with Gasteiger partial charge >= 0.3 is 0 Å². The molecule has 0 unspecified atom stereocenters. The number of likely N-dealkylation sites (N-methyl/N-ethyl adjacent to an activating group) is 1. The fraction of sp³-hybridized carbons (Fsp3) is 0.556. The fourth-order valence-corrected chi connectivity index (χ4v) is 4.68. The summed E-state index contributed by atoms with van der Waals surface area (Å²) in [6.45, 7) is 4.03. The number of rotatable bonds is 6. The molecular weight excluding hydrogens is 352 g/mol. The molecule has 3 rings (SSSR count). The maximum atomic E-state index is 12.2. The Hall–Kier alpha value is -1.93. The summed E-state index contributed by atoms with van der Waals surface area (Å²) in [4.78, 5) is 16.4. The van der Waals surface area contributed by atoms with Crippen molar-refractivity contribution in [2.45, 2.75) is 30.6 Å². The zero-order chi connectivity index (χ0) is 18.6. The van der Waals surface area contributed by atoms with E-state index in [1.807, 2.05) is 0 Å². The second kappa shape index (κ2) is 8.18. The molecule has 1 N–H and O–H groups in total. The Bertz CT molecular complexity index is 785. The number of benzene rings is 1. The van der Waals surface area contributed by atoms with Crippen LogP contribution in [0.3, 0.4) is 0 Å². The van der Waals surface area contributed by atoms with E-state index in [1.165, 1.54) is 25.3 Å². The summed E-state index contributed by atoms with van der Waals surface area (Å²) in [6, 6.07) is 6.69. The Kier molecular flexibility index (Phi) is 5.93. The van der Waals surface area contributed by atoms with E-state index in [9.17, 15) is 13.2 Å². The molecule has 2 heterocycles. The number of nitrogens with one attached hydrogen (secondary N) is 1. The number of likely N-dealkylation sites (tertiary alicyclic amines) is 1. The lowest BCUT2D eigenvalue weighted by Crippen LogP contribution is -2.39. The van der Waals surface area contributed by atoms with Crippen LogP contribution in [0.15, 0.2) is 33.6 Å². The third kappa shape index (κ3) is 4.42. The van der Waals surface area contributed by atoms with Crippen molar-refractivity contribution in [2.75, 3.05) is 39.8 Å². The van der Waals surface area contributed by atoms with Crippen LogP contribution in [0, 0.1) is 0 Å². The first-order valence-corrected chi connectivity index (χ1v) is 10.6. The van der Waals surface area contributed by atoms with Crippen molar-refractivity contribution in [1.82, 2.24) is 15.1 Å². The highest BCUT2D eigenvalue weighted by molar-refractivity contribution is 7.90. The summed E-state index contributed by atoms with van der Waals surface area (Å²) < 4.78 is 28.0. The van der Waals surface area contributed by atoms with E-state index in [-0.39, 0.29) is 17.3 Å². The van der Waals surface area contributed by atoms with Crippen LogP contribution in [0.4, 0.5) is 0 Å². The molecule has 142 valence electrons. The van der Waals surface area contributed by atoms with E-state index in [0.29, 0.717) is 17.9 Å². The van der Waals surface area contributed by atoms with Crippen molar-refractivity contribution in [3.63, 3.8) is 0 Å². The highest BCUT2D eigenvalue weighted by atomic mass is 32.2. The van der Waals surface area contributed by atoms with Crippen molar-refractivity contribution in [1.29, 1.82) is 0 Å². The topological polar surface area (TPSA) is 82.1 Å². The Morgan fingerprint density at radius 1 is 1.23 bits per heavy atom. The third-order valence-corrected chi connectivity index (χ3v) is 6.10. The van der Waals surface area contributed by atoms with Gasteiger partial charge in [-0.2, -0.15) is 8.42 Å². The second-order valence-corrected chi connectivity index (χ2v) is 8.42. The van der Waals surface area contributed by atoms with Crippen molar-refractivity contribution < 1.29 is 13.2 Å². The highest BCUT2D eigenvalue weighted by Crippen LogP contribution is 2.26. The van der Waals surface area contributed by atoms with Crippen molar-refractivity contribution in [3.05, 3.63) is 29.8 Å². The largest absolute Gasteiger partial charge is 0.355 e. The molecule has 0 aromatic heterocycles. The molecule has 1 aromatic carbocycles. The number of carbonyl (C=O) groups excluding carboxylic acids is 1. The van der Waals surface area contributed by atoms with E-state index < -0.39 is 10.0 Å². The highest BCUT2D eigenvalue weighted by Gasteiger charge is 2.30. The van der Waals surface area contributed by atoms with Gasteiger partial charge in [0.1, 0.15) is 4.90 Å². The standard InChI is InChI=1S/C18H26N4O3S/c1-21(18-15-8-3-4-9-16(15)26(24,25)20-18)14-17(23)19-10-7-13-22-11-5-2-6-12-22/h3-4,8-9H,2,5-7,10-14H2,1H3,(H,19,23). The van der Waals surface area contributed by atoms with Gasteiger partial charge < -0.3 is 15.1 Å². The molecule has 1 aromatic rings. The number of sulfonamides is 1. The minimum absolute atomic E-state index is 0.0758. The molecular formula is C18H26N4O3S. The summed E-state index contributed by atoms with van der Waals surface area (Å²) in [6.07, 6.45) is 4.78. The number of amidine groups is 1. The predicted octanol–water partition coefficient (Wildman–Crippen LogP) is 1.06. The molecule has 8 heteroatoms. The van der Waals surface area contributed by atoms with Crippen LogP contribution in [0.1, 0.15) is 31.2 Å². The fourth-order valence-electron chi connectivity index (χ4n) is 3.42. The molecule has 0 saturated carbocycles. The van der Waals surface area contributed by atoms with Gasteiger partial charge in [-0.25, -0.2) is 0 Å². The Balaban J connectivity index is 1.47. The first-order valence-electron chi connectivity index (χ1n) is 9.12. The monoisotopic (exact) mass is 378 g/mol. The second-order valence-electron chi connectivity index (χ2n) is 6.85. The molecule has 2 aliphatic rings. The Morgan fingerprint density at radius 2 is 1.96 bits per heavy atom. The molecule has 1 fully saturated rings. The van der Waals surface area contributed by atoms with Crippen molar-refractivity contribution in [3.8, 4) is 0 Å². The van der Waals surface area contributed by atoms with Crippen LogP contribution in [0.5, 0.6) is 0 Å². The lowest BCUT2D eigenvalue weighted by atomic mass is 10.1. The SMILES string of the molecule is CN(CC(=O)NCCCN1CCCCC1)C1=NS(=O)(=O)c2ccccc21. The van der Waals surface area contributed by atoms with Gasteiger partial charge in [-0.1, -0.05) is 18.6 Å². The van der Waals surface area contributed by atoms with Gasteiger partial charge in [-0.15, -0.1) is 4.40 Å². The number of carbonyl (C=O) groups is 1. The first-order chi connectivity index (χ1) is 12.5. The molecule has 1 amide bonds. The predicted molar refractivity (Wildman–Crippen MR) is 101 cm³/mol.